The van der Waals surface area contributed by atoms with Gasteiger partial charge in [0.1, 0.15) is 5.57 Å². The van der Waals surface area contributed by atoms with Gasteiger partial charge in [-0.25, -0.2) is 0 Å². The number of carbonyl (C=O) groups is 2. The minimum atomic E-state index is -0.515. The zero-order valence-corrected chi connectivity index (χ0v) is 19.3. The maximum atomic E-state index is 13.2. The van der Waals surface area contributed by atoms with Crippen LogP contribution in [-0.2, 0) is 9.59 Å². The van der Waals surface area contributed by atoms with Crippen LogP contribution < -0.4 is 15.1 Å². The summed E-state index contributed by atoms with van der Waals surface area (Å²) < 4.78 is 2.80. The number of benzene rings is 2. The minimum absolute atomic E-state index is 0.0152. The third-order valence-corrected chi connectivity index (χ3v) is 5.72. The molecule has 0 saturated carbocycles. The highest BCUT2D eigenvalue weighted by atomic mass is 79.9. The summed E-state index contributed by atoms with van der Waals surface area (Å²) in [5.74, 6) is -0.981. The molecule has 3 aromatic rings. The highest BCUT2D eigenvalue weighted by Gasteiger charge is 2.34. The number of hydrogen-bond donors (Lipinski definition) is 1. The van der Waals surface area contributed by atoms with E-state index >= 15 is 0 Å². The molecule has 1 aliphatic heterocycles. The molecule has 1 aromatic heterocycles. The second kappa shape index (κ2) is 8.49. The molecule has 0 radical (unpaired) electrons. The van der Waals surface area contributed by atoms with Crippen LogP contribution in [0.3, 0.4) is 0 Å². The lowest BCUT2D eigenvalue weighted by molar-refractivity contribution is -0.122. The molecule has 156 valence electrons. The van der Waals surface area contributed by atoms with Crippen molar-refractivity contribution in [2.24, 2.45) is 0 Å². The number of carbonyl (C=O) groups excluding carboxylic acids is 2. The van der Waals surface area contributed by atoms with E-state index in [-0.39, 0.29) is 10.7 Å². The Hall–Kier alpha value is -3.23. The predicted molar refractivity (Wildman–Crippen MR) is 130 cm³/mol. The second-order valence-corrected chi connectivity index (χ2v) is 8.45. The lowest BCUT2D eigenvalue weighted by Crippen LogP contribution is -2.54. The first-order valence-corrected chi connectivity index (χ1v) is 10.7. The van der Waals surface area contributed by atoms with Gasteiger partial charge in [-0.2, -0.15) is 0 Å². The number of hydrogen-bond acceptors (Lipinski definition) is 4. The topological polar surface area (TPSA) is 57.6 Å². The molecule has 0 unspecified atom stereocenters. The molecule has 2 amide bonds. The van der Waals surface area contributed by atoms with E-state index in [0.29, 0.717) is 11.4 Å². The fourth-order valence-electron chi connectivity index (χ4n) is 3.29. The first-order valence-electron chi connectivity index (χ1n) is 9.47. The van der Waals surface area contributed by atoms with Crippen molar-refractivity contribution in [1.29, 1.82) is 0 Å². The number of nitrogens with one attached hydrogen (secondary N) is 1. The summed E-state index contributed by atoms with van der Waals surface area (Å²) in [7, 11) is 3.96. The van der Waals surface area contributed by atoms with Crippen molar-refractivity contribution in [2.45, 2.75) is 0 Å². The molecule has 1 saturated heterocycles. The van der Waals surface area contributed by atoms with Crippen LogP contribution in [0.2, 0.25) is 0 Å². The van der Waals surface area contributed by atoms with Gasteiger partial charge in [0.2, 0.25) is 0 Å². The van der Waals surface area contributed by atoms with Gasteiger partial charge in [0.25, 0.3) is 11.8 Å². The molecule has 31 heavy (non-hydrogen) atoms. The average molecular weight is 495 g/mol. The summed E-state index contributed by atoms with van der Waals surface area (Å²) in [6, 6.07) is 18.9. The second-order valence-electron chi connectivity index (χ2n) is 7.15. The standard InChI is InChI=1S/C23H19BrN4O2S/c1-26(2)16-9-11-17(12-10-16)27-13-3-4-19(27)14-20-21(29)25-23(31)28(22(20)30)18-7-5-15(24)6-8-18/h3-14H,1-2H3,(H,25,29,31)/b20-14+. The van der Waals surface area contributed by atoms with Crippen molar-refractivity contribution in [3.8, 4) is 5.69 Å². The Morgan fingerprint density at radius 2 is 1.61 bits per heavy atom. The summed E-state index contributed by atoms with van der Waals surface area (Å²) in [5, 5.41) is 2.68. The molecule has 0 spiro atoms. The molecule has 0 aliphatic carbocycles. The molecule has 2 aromatic carbocycles. The van der Waals surface area contributed by atoms with Gasteiger partial charge < -0.3 is 9.47 Å². The zero-order valence-electron chi connectivity index (χ0n) is 16.9. The predicted octanol–water partition coefficient (Wildman–Crippen LogP) is 4.14. The normalized spacial score (nSPS) is 15.4. The van der Waals surface area contributed by atoms with Crippen LogP contribution in [-0.4, -0.2) is 35.6 Å². The molecule has 0 atom stereocenters. The van der Waals surface area contributed by atoms with Crippen LogP contribution in [0.5, 0.6) is 0 Å². The SMILES string of the molecule is CN(C)c1ccc(-n2cccc2/C=C2\C(=O)NC(=S)N(c3ccc(Br)cc3)C2=O)cc1. The van der Waals surface area contributed by atoms with Gasteiger partial charge in [-0.1, -0.05) is 15.9 Å². The van der Waals surface area contributed by atoms with Crippen LogP contribution in [0, 0.1) is 0 Å². The number of aromatic nitrogens is 1. The summed E-state index contributed by atoms with van der Waals surface area (Å²) in [5.41, 5.74) is 3.31. The summed E-state index contributed by atoms with van der Waals surface area (Å²) in [4.78, 5) is 29.2. The Kier molecular flexibility index (Phi) is 5.75. The van der Waals surface area contributed by atoms with Crippen LogP contribution in [0.15, 0.2) is 76.9 Å². The molecule has 1 aliphatic rings. The van der Waals surface area contributed by atoms with Gasteiger partial charge in [0.05, 0.1) is 5.69 Å². The molecule has 2 heterocycles. The number of rotatable bonds is 4. The molecule has 1 fully saturated rings. The molecular formula is C23H19BrN4O2S. The van der Waals surface area contributed by atoms with Crippen molar-refractivity contribution in [2.75, 3.05) is 23.9 Å². The first kappa shape index (κ1) is 21.0. The highest BCUT2D eigenvalue weighted by Crippen LogP contribution is 2.25. The summed E-state index contributed by atoms with van der Waals surface area (Å²) >= 11 is 8.64. The van der Waals surface area contributed by atoms with Crippen LogP contribution in [0.1, 0.15) is 5.69 Å². The maximum Gasteiger partial charge on any atom is 0.270 e. The Labute approximate surface area is 193 Å². The molecule has 4 rings (SSSR count). The zero-order chi connectivity index (χ0) is 22.1. The Balaban J connectivity index is 1.70. The van der Waals surface area contributed by atoms with Gasteiger partial charge in [0.15, 0.2) is 5.11 Å². The van der Waals surface area contributed by atoms with E-state index in [4.69, 9.17) is 12.2 Å². The molecule has 6 nitrogen and oxygen atoms in total. The third kappa shape index (κ3) is 4.17. The highest BCUT2D eigenvalue weighted by molar-refractivity contribution is 9.10. The van der Waals surface area contributed by atoms with Crippen LogP contribution in [0.4, 0.5) is 11.4 Å². The molecule has 1 N–H and O–H groups in total. The number of thiocarbonyl (C=S) groups is 1. The van der Waals surface area contributed by atoms with E-state index < -0.39 is 11.8 Å². The number of amides is 2. The molecular weight excluding hydrogens is 476 g/mol. The van der Waals surface area contributed by atoms with Gasteiger partial charge in [-0.3, -0.25) is 19.8 Å². The Morgan fingerprint density at radius 3 is 2.26 bits per heavy atom. The van der Waals surface area contributed by atoms with Gasteiger partial charge in [-0.15, -0.1) is 0 Å². The first-order chi connectivity index (χ1) is 14.8. The lowest BCUT2D eigenvalue weighted by atomic mass is 10.1. The van der Waals surface area contributed by atoms with Gasteiger partial charge in [0, 0.05) is 41.8 Å². The lowest BCUT2D eigenvalue weighted by Gasteiger charge is -2.29. The smallest absolute Gasteiger partial charge is 0.270 e. The van der Waals surface area contributed by atoms with E-state index in [0.717, 1.165) is 15.8 Å². The monoisotopic (exact) mass is 494 g/mol. The minimum Gasteiger partial charge on any atom is -0.378 e. The third-order valence-electron chi connectivity index (χ3n) is 4.90. The summed E-state index contributed by atoms with van der Waals surface area (Å²) in [6.07, 6.45) is 3.48. The molecule has 0 bridgehead atoms. The van der Waals surface area contributed by atoms with E-state index in [1.54, 1.807) is 18.2 Å². The van der Waals surface area contributed by atoms with Crippen molar-refractivity contribution in [1.82, 2.24) is 9.88 Å². The quantitative estimate of drug-likeness (QED) is 0.336. The van der Waals surface area contributed by atoms with E-state index in [1.165, 1.54) is 4.90 Å². The number of nitrogens with zero attached hydrogens (tertiary/aromatic N) is 3. The maximum absolute atomic E-state index is 13.2. The Bertz CT molecular complexity index is 1200. The fourth-order valence-corrected chi connectivity index (χ4v) is 3.83. The largest absolute Gasteiger partial charge is 0.378 e. The van der Waals surface area contributed by atoms with Crippen molar-refractivity contribution in [3.05, 3.63) is 82.6 Å². The van der Waals surface area contributed by atoms with Gasteiger partial charge in [-0.05, 0) is 79.0 Å². The van der Waals surface area contributed by atoms with Crippen LogP contribution >= 0.6 is 28.1 Å². The Morgan fingerprint density at radius 1 is 0.968 bits per heavy atom. The van der Waals surface area contributed by atoms with E-state index in [1.807, 2.05) is 78.3 Å². The van der Waals surface area contributed by atoms with Gasteiger partial charge >= 0.3 is 0 Å². The average Bonchev–Trinajstić information content (AvgIpc) is 3.20. The molecule has 8 heteroatoms. The van der Waals surface area contributed by atoms with E-state index in [2.05, 4.69) is 21.2 Å². The van der Waals surface area contributed by atoms with Crippen molar-refractivity contribution < 1.29 is 9.59 Å². The summed E-state index contributed by atoms with van der Waals surface area (Å²) in [6.45, 7) is 0. The number of anilines is 2. The van der Waals surface area contributed by atoms with Crippen molar-refractivity contribution >= 4 is 62.5 Å². The fraction of sp³-hybridized carbons (Fsp3) is 0.0870. The van der Waals surface area contributed by atoms with E-state index in [9.17, 15) is 9.59 Å². The van der Waals surface area contributed by atoms with Crippen LogP contribution in [0.25, 0.3) is 11.8 Å². The number of halogens is 1. The van der Waals surface area contributed by atoms with Crippen molar-refractivity contribution in [3.63, 3.8) is 0 Å².